The molecular weight excluding hydrogens is 250 g/mol. The third kappa shape index (κ3) is 2.93. The van der Waals surface area contributed by atoms with Gasteiger partial charge >= 0.3 is 0 Å². The Bertz CT molecular complexity index is 549. The van der Waals surface area contributed by atoms with E-state index in [4.69, 9.17) is 0 Å². The summed E-state index contributed by atoms with van der Waals surface area (Å²) in [6.07, 6.45) is 7.53. The van der Waals surface area contributed by atoms with Gasteiger partial charge in [-0.2, -0.15) is 0 Å². The van der Waals surface area contributed by atoms with Crippen molar-refractivity contribution in [2.75, 3.05) is 25.5 Å². The Morgan fingerprint density at radius 1 is 1.05 bits per heavy atom. The van der Waals surface area contributed by atoms with Gasteiger partial charge in [-0.1, -0.05) is 6.07 Å². The molecule has 2 aromatic rings. The number of rotatable bonds is 3. The Hall–Kier alpha value is -2.01. The molecule has 1 aliphatic heterocycles. The van der Waals surface area contributed by atoms with Gasteiger partial charge in [-0.15, -0.1) is 0 Å². The summed E-state index contributed by atoms with van der Waals surface area (Å²) in [4.78, 5) is 15.6. The van der Waals surface area contributed by atoms with Crippen LogP contribution in [0.2, 0.25) is 0 Å². The topological polar surface area (TPSA) is 53.9 Å². The predicted molar refractivity (Wildman–Crippen MR) is 79.0 cm³/mol. The number of hydrogen-bond acceptors (Lipinski definition) is 5. The molecule has 0 atom stereocenters. The third-order valence-corrected chi connectivity index (χ3v) is 3.74. The molecule has 5 nitrogen and oxygen atoms in total. The Labute approximate surface area is 119 Å². The third-order valence-electron chi connectivity index (χ3n) is 3.74. The maximum absolute atomic E-state index is 4.55. The fourth-order valence-electron chi connectivity index (χ4n) is 2.58. The van der Waals surface area contributed by atoms with E-state index in [0.29, 0.717) is 5.92 Å². The Kier molecular flexibility index (Phi) is 3.87. The van der Waals surface area contributed by atoms with Crippen LogP contribution in [0.3, 0.4) is 0 Å². The monoisotopic (exact) mass is 269 g/mol. The van der Waals surface area contributed by atoms with Crippen molar-refractivity contribution < 1.29 is 0 Å². The largest absolute Gasteiger partial charge is 0.323 e. The molecular formula is C15H19N5. The zero-order valence-corrected chi connectivity index (χ0v) is 11.7. The summed E-state index contributed by atoms with van der Waals surface area (Å²) in [7, 11) is 2.17. The van der Waals surface area contributed by atoms with Crippen LogP contribution in [-0.4, -0.2) is 40.0 Å². The number of anilines is 2. The molecule has 0 saturated carbocycles. The summed E-state index contributed by atoms with van der Waals surface area (Å²) in [5.41, 5.74) is 1.06. The summed E-state index contributed by atoms with van der Waals surface area (Å²) >= 11 is 0. The second-order valence-corrected chi connectivity index (χ2v) is 5.21. The summed E-state index contributed by atoms with van der Waals surface area (Å²) in [5.74, 6) is 2.12. The van der Waals surface area contributed by atoms with Gasteiger partial charge < -0.3 is 10.2 Å². The number of piperidine rings is 1. The molecule has 0 aromatic carbocycles. The maximum atomic E-state index is 4.55. The lowest BCUT2D eigenvalue weighted by Gasteiger charge is -2.29. The van der Waals surface area contributed by atoms with Gasteiger partial charge in [0.2, 0.25) is 0 Å². The molecule has 1 aliphatic rings. The SMILES string of the molecule is CN1CCC(c2nccnc2Nc2ccccn2)CC1. The molecule has 3 heterocycles. The molecule has 1 N–H and O–H groups in total. The second kappa shape index (κ2) is 5.96. The molecule has 0 amide bonds. The zero-order valence-electron chi connectivity index (χ0n) is 11.7. The molecule has 20 heavy (non-hydrogen) atoms. The Balaban J connectivity index is 1.81. The highest BCUT2D eigenvalue weighted by Crippen LogP contribution is 2.30. The summed E-state index contributed by atoms with van der Waals surface area (Å²) in [6, 6.07) is 5.80. The maximum Gasteiger partial charge on any atom is 0.153 e. The molecule has 104 valence electrons. The highest BCUT2D eigenvalue weighted by Gasteiger charge is 2.22. The smallest absolute Gasteiger partial charge is 0.153 e. The van der Waals surface area contributed by atoms with Crippen LogP contribution in [0.15, 0.2) is 36.8 Å². The average Bonchev–Trinajstić information content (AvgIpc) is 2.50. The van der Waals surface area contributed by atoms with Crippen LogP contribution in [0.5, 0.6) is 0 Å². The van der Waals surface area contributed by atoms with Crippen molar-refractivity contribution in [3.63, 3.8) is 0 Å². The van der Waals surface area contributed by atoms with Crippen LogP contribution in [0.1, 0.15) is 24.5 Å². The van der Waals surface area contributed by atoms with E-state index in [2.05, 4.69) is 32.2 Å². The minimum Gasteiger partial charge on any atom is -0.323 e. The normalized spacial score (nSPS) is 17.1. The minimum atomic E-state index is 0.478. The van der Waals surface area contributed by atoms with E-state index >= 15 is 0 Å². The minimum absolute atomic E-state index is 0.478. The van der Waals surface area contributed by atoms with Gasteiger partial charge in [0.15, 0.2) is 5.82 Å². The molecule has 0 bridgehead atoms. The van der Waals surface area contributed by atoms with Gasteiger partial charge in [0.25, 0.3) is 0 Å². The van der Waals surface area contributed by atoms with E-state index in [1.165, 1.54) is 0 Å². The summed E-state index contributed by atoms with van der Waals surface area (Å²) < 4.78 is 0. The molecule has 0 radical (unpaired) electrons. The second-order valence-electron chi connectivity index (χ2n) is 5.21. The fourth-order valence-corrected chi connectivity index (χ4v) is 2.58. The van der Waals surface area contributed by atoms with Crippen molar-refractivity contribution in [2.45, 2.75) is 18.8 Å². The molecule has 0 aliphatic carbocycles. The number of nitrogens with zero attached hydrogens (tertiary/aromatic N) is 4. The van der Waals surface area contributed by atoms with Crippen LogP contribution in [0, 0.1) is 0 Å². The van der Waals surface area contributed by atoms with E-state index < -0.39 is 0 Å². The summed E-state index contributed by atoms with van der Waals surface area (Å²) in [5, 5.41) is 3.28. The first kappa shape index (κ1) is 13.0. The first-order chi connectivity index (χ1) is 9.83. The van der Waals surface area contributed by atoms with Crippen LogP contribution < -0.4 is 5.32 Å². The Morgan fingerprint density at radius 2 is 1.85 bits per heavy atom. The van der Waals surface area contributed by atoms with Gasteiger partial charge in [0.05, 0.1) is 5.69 Å². The van der Waals surface area contributed by atoms with E-state index in [1.807, 2.05) is 18.2 Å². The van der Waals surface area contributed by atoms with Gasteiger partial charge in [-0.05, 0) is 45.1 Å². The van der Waals surface area contributed by atoms with Crippen LogP contribution >= 0.6 is 0 Å². The van der Waals surface area contributed by atoms with Crippen molar-refractivity contribution in [1.29, 1.82) is 0 Å². The number of pyridine rings is 1. The molecule has 0 spiro atoms. The molecule has 1 saturated heterocycles. The van der Waals surface area contributed by atoms with Crippen molar-refractivity contribution in [1.82, 2.24) is 19.9 Å². The molecule has 0 unspecified atom stereocenters. The van der Waals surface area contributed by atoms with Crippen LogP contribution in [-0.2, 0) is 0 Å². The quantitative estimate of drug-likeness (QED) is 0.927. The molecule has 5 heteroatoms. The zero-order chi connectivity index (χ0) is 13.8. The Morgan fingerprint density at radius 3 is 2.60 bits per heavy atom. The fraction of sp³-hybridized carbons (Fsp3) is 0.400. The highest BCUT2D eigenvalue weighted by molar-refractivity contribution is 5.54. The van der Waals surface area contributed by atoms with E-state index in [1.54, 1.807) is 18.6 Å². The van der Waals surface area contributed by atoms with E-state index in [-0.39, 0.29) is 0 Å². The van der Waals surface area contributed by atoms with Gasteiger partial charge in [0.1, 0.15) is 5.82 Å². The molecule has 1 fully saturated rings. The van der Waals surface area contributed by atoms with Crippen molar-refractivity contribution in [2.24, 2.45) is 0 Å². The van der Waals surface area contributed by atoms with Crippen molar-refractivity contribution >= 4 is 11.6 Å². The number of aromatic nitrogens is 3. The van der Waals surface area contributed by atoms with Crippen molar-refractivity contribution in [3.8, 4) is 0 Å². The van der Waals surface area contributed by atoms with Crippen LogP contribution in [0.25, 0.3) is 0 Å². The first-order valence-corrected chi connectivity index (χ1v) is 7.00. The predicted octanol–water partition coefficient (Wildman–Crippen LogP) is 2.42. The van der Waals surface area contributed by atoms with Gasteiger partial charge in [-0.25, -0.2) is 9.97 Å². The average molecular weight is 269 g/mol. The lowest BCUT2D eigenvalue weighted by atomic mass is 9.93. The molecule has 2 aromatic heterocycles. The lowest BCUT2D eigenvalue weighted by Crippen LogP contribution is -2.29. The van der Waals surface area contributed by atoms with Crippen LogP contribution in [0.4, 0.5) is 11.6 Å². The highest BCUT2D eigenvalue weighted by atomic mass is 15.1. The lowest BCUT2D eigenvalue weighted by molar-refractivity contribution is 0.253. The number of nitrogens with one attached hydrogen (secondary N) is 1. The molecule has 3 rings (SSSR count). The van der Waals surface area contributed by atoms with E-state index in [0.717, 1.165) is 43.3 Å². The standard InChI is InChI=1S/C15H19N5/c1-20-10-5-12(6-11-20)14-15(18-9-8-17-14)19-13-4-2-3-7-16-13/h2-4,7-9,12H,5-6,10-11H2,1H3,(H,16,18,19). The number of likely N-dealkylation sites (tertiary alicyclic amines) is 1. The number of hydrogen-bond donors (Lipinski definition) is 1. The van der Waals surface area contributed by atoms with Gasteiger partial charge in [-0.3, -0.25) is 4.98 Å². The van der Waals surface area contributed by atoms with Gasteiger partial charge in [0, 0.05) is 24.5 Å². The van der Waals surface area contributed by atoms with E-state index in [9.17, 15) is 0 Å². The van der Waals surface area contributed by atoms with Crippen molar-refractivity contribution in [3.05, 3.63) is 42.5 Å². The summed E-state index contributed by atoms with van der Waals surface area (Å²) in [6.45, 7) is 2.23. The first-order valence-electron chi connectivity index (χ1n) is 7.00.